The fourth-order valence-corrected chi connectivity index (χ4v) is 1.15. The largest absolute Gasteiger partial charge is 0.481 e. The van der Waals surface area contributed by atoms with E-state index in [9.17, 15) is 9.59 Å². The van der Waals surface area contributed by atoms with Gasteiger partial charge in [-0.2, -0.15) is 0 Å². The molecule has 16 heavy (non-hydrogen) atoms. The van der Waals surface area contributed by atoms with Gasteiger partial charge in [0.25, 0.3) is 0 Å². The summed E-state index contributed by atoms with van der Waals surface area (Å²) >= 11 is 0. The Hall–Kier alpha value is -1.32. The molecule has 0 heterocycles. The fraction of sp³-hybridized carbons (Fsp3) is 0.667. The second-order valence-corrected chi connectivity index (χ2v) is 4.23. The van der Waals surface area contributed by atoms with Crippen molar-refractivity contribution in [3.05, 3.63) is 12.7 Å². The summed E-state index contributed by atoms with van der Waals surface area (Å²) in [5.74, 6) is -1.30. The van der Waals surface area contributed by atoms with Crippen LogP contribution in [-0.2, 0) is 9.59 Å². The molecule has 1 rings (SSSR count). The topological polar surface area (TPSA) is 74.6 Å². The van der Waals surface area contributed by atoms with E-state index < -0.39 is 11.9 Å². The zero-order valence-corrected chi connectivity index (χ0v) is 9.85. The number of carbonyl (C=O) groups is 2. The monoisotopic (exact) mass is 228 g/mol. The van der Waals surface area contributed by atoms with Gasteiger partial charge in [-0.3, -0.25) is 9.59 Å². The molecule has 0 radical (unpaired) electrons. The number of carboxylic acid groups (broad SMARTS) is 2. The van der Waals surface area contributed by atoms with Gasteiger partial charge in [-0.25, -0.2) is 0 Å². The molecular weight excluding hydrogens is 208 g/mol. The van der Waals surface area contributed by atoms with Crippen molar-refractivity contribution in [2.75, 3.05) is 0 Å². The molecule has 0 amide bonds. The first-order chi connectivity index (χ1) is 7.40. The predicted molar refractivity (Wildman–Crippen MR) is 61.1 cm³/mol. The van der Waals surface area contributed by atoms with E-state index in [2.05, 4.69) is 6.58 Å². The van der Waals surface area contributed by atoms with Crippen LogP contribution in [-0.4, -0.2) is 22.2 Å². The van der Waals surface area contributed by atoms with Crippen LogP contribution < -0.4 is 0 Å². The van der Waals surface area contributed by atoms with Gasteiger partial charge in [0.2, 0.25) is 0 Å². The normalized spacial score (nSPS) is 17.6. The van der Waals surface area contributed by atoms with Gasteiger partial charge in [-0.15, -0.1) is 6.58 Å². The summed E-state index contributed by atoms with van der Waals surface area (Å²) in [6, 6.07) is 0. The van der Waals surface area contributed by atoms with Gasteiger partial charge in [0.15, 0.2) is 0 Å². The van der Waals surface area contributed by atoms with Gasteiger partial charge in [0, 0.05) is 0 Å². The Labute approximate surface area is 96.0 Å². The van der Waals surface area contributed by atoms with Crippen molar-refractivity contribution in [2.45, 2.75) is 33.1 Å². The van der Waals surface area contributed by atoms with Crippen LogP contribution in [0.15, 0.2) is 12.7 Å². The lowest BCUT2D eigenvalue weighted by Crippen LogP contribution is -2.10. The van der Waals surface area contributed by atoms with Crippen molar-refractivity contribution >= 4 is 11.9 Å². The van der Waals surface area contributed by atoms with Crippen molar-refractivity contribution in [1.29, 1.82) is 0 Å². The van der Waals surface area contributed by atoms with Crippen LogP contribution in [0.2, 0.25) is 0 Å². The van der Waals surface area contributed by atoms with Crippen molar-refractivity contribution in [3.8, 4) is 0 Å². The van der Waals surface area contributed by atoms with E-state index in [0.29, 0.717) is 12.3 Å². The number of carboxylic acids is 2. The molecule has 1 saturated carbocycles. The molecule has 0 aromatic heterocycles. The minimum absolute atomic E-state index is 0.102. The molecule has 1 aliphatic rings. The van der Waals surface area contributed by atoms with E-state index >= 15 is 0 Å². The Balaban J connectivity index is 0.000000281. The first-order valence-corrected chi connectivity index (χ1v) is 5.46. The van der Waals surface area contributed by atoms with Crippen LogP contribution in [0.5, 0.6) is 0 Å². The first kappa shape index (κ1) is 14.7. The van der Waals surface area contributed by atoms with E-state index in [1.54, 1.807) is 19.9 Å². The SMILES string of the molecule is C=CCC(C)C(=O)O.CC(C(=O)O)C1CC1. The highest BCUT2D eigenvalue weighted by Gasteiger charge is 2.32. The predicted octanol–water partition coefficient (Wildman–Crippen LogP) is 2.40. The number of hydrogen-bond acceptors (Lipinski definition) is 2. The van der Waals surface area contributed by atoms with E-state index in [4.69, 9.17) is 10.2 Å². The zero-order chi connectivity index (χ0) is 12.7. The highest BCUT2D eigenvalue weighted by Crippen LogP contribution is 2.36. The molecule has 0 aliphatic heterocycles. The minimum atomic E-state index is -0.759. The van der Waals surface area contributed by atoms with Crippen LogP contribution in [0, 0.1) is 17.8 Å². The molecule has 4 heteroatoms. The van der Waals surface area contributed by atoms with Crippen LogP contribution in [0.25, 0.3) is 0 Å². The summed E-state index contributed by atoms with van der Waals surface area (Å²) in [6.45, 7) is 6.85. The lowest BCUT2D eigenvalue weighted by Gasteiger charge is -1.99. The van der Waals surface area contributed by atoms with Crippen molar-refractivity contribution in [2.24, 2.45) is 17.8 Å². The van der Waals surface area contributed by atoms with Gasteiger partial charge in [0.05, 0.1) is 11.8 Å². The van der Waals surface area contributed by atoms with Crippen molar-refractivity contribution in [3.63, 3.8) is 0 Å². The summed E-state index contributed by atoms with van der Waals surface area (Å²) in [4.78, 5) is 20.2. The average molecular weight is 228 g/mol. The minimum Gasteiger partial charge on any atom is -0.481 e. The van der Waals surface area contributed by atoms with Crippen LogP contribution in [0.3, 0.4) is 0 Å². The molecule has 4 nitrogen and oxygen atoms in total. The molecule has 2 unspecified atom stereocenters. The summed E-state index contributed by atoms with van der Waals surface area (Å²) < 4.78 is 0. The molecule has 0 saturated heterocycles. The average Bonchev–Trinajstić information content (AvgIpc) is 3.01. The van der Waals surface area contributed by atoms with Crippen LogP contribution >= 0.6 is 0 Å². The number of rotatable bonds is 5. The maximum absolute atomic E-state index is 10.2. The van der Waals surface area contributed by atoms with Crippen LogP contribution in [0.4, 0.5) is 0 Å². The number of allylic oxidation sites excluding steroid dienone is 1. The maximum atomic E-state index is 10.2. The molecule has 0 bridgehead atoms. The van der Waals surface area contributed by atoms with E-state index in [1.807, 2.05) is 0 Å². The smallest absolute Gasteiger partial charge is 0.306 e. The molecule has 1 aliphatic carbocycles. The molecule has 2 atom stereocenters. The maximum Gasteiger partial charge on any atom is 0.306 e. The molecule has 2 N–H and O–H groups in total. The lowest BCUT2D eigenvalue weighted by molar-refractivity contribution is -0.142. The first-order valence-electron chi connectivity index (χ1n) is 5.46. The Bertz CT molecular complexity index is 256. The second-order valence-electron chi connectivity index (χ2n) is 4.23. The Morgan fingerprint density at radius 3 is 1.94 bits per heavy atom. The van der Waals surface area contributed by atoms with Crippen LogP contribution in [0.1, 0.15) is 33.1 Å². The quantitative estimate of drug-likeness (QED) is 0.708. The number of aliphatic carboxylic acids is 2. The zero-order valence-electron chi connectivity index (χ0n) is 9.85. The van der Waals surface area contributed by atoms with Gasteiger partial charge in [-0.05, 0) is 25.2 Å². The van der Waals surface area contributed by atoms with Crippen molar-refractivity contribution < 1.29 is 19.8 Å². The number of hydrogen-bond donors (Lipinski definition) is 2. The van der Waals surface area contributed by atoms with Gasteiger partial charge >= 0.3 is 11.9 Å². The van der Waals surface area contributed by atoms with E-state index in [-0.39, 0.29) is 11.8 Å². The third-order valence-electron chi connectivity index (χ3n) is 2.66. The third kappa shape index (κ3) is 6.22. The Kier molecular flexibility index (Phi) is 6.46. The molecule has 0 spiro atoms. The van der Waals surface area contributed by atoms with Gasteiger partial charge in [-0.1, -0.05) is 19.9 Å². The van der Waals surface area contributed by atoms with Gasteiger partial charge < -0.3 is 10.2 Å². The summed E-state index contributed by atoms with van der Waals surface area (Å²) in [6.07, 6.45) is 4.40. The molecular formula is C12H20O4. The summed E-state index contributed by atoms with van der Waals surface area (Å²) in [7, 11) is 0. The summed E-state index contributed by atoms with van der Waals surface area (Å²) in [5.41, 5.74) is 0. The van der Waals surface area contributed by atoms with Crippen molar-refractivity contribution in [1.82, 2.24) is 0 Å². The van der Waals surface area contributed by atoms with Gasteiger partial charge in [0.1, 0.15) is 0 Å². The van der Waals surface area contributed by atoms with E-state index in [0.717, 1.165) is 12.8 Å². The second kappa shape index (κ2) is 7.04. The standard InChI is InChI=1S/2C6H10O2/c1-4(6(7)8)5-2-3-5;1-3-4-5(2)6(7)8/h4-5H,2-3H2,1H3,(H,7,8);3,5H,1,4H2,2H3,(H,7,8). The Morgan fingerprint density at radius 1 is 1.31 bits per heavy atom. The summed E-state index contributed by atoms with van der Waals surface area (Å²) in [5, 5.41) is 16.7. The fourth-order valence-electron chi connectivity index (χ4n) is 1.15. The molecule has 0 aromatic rings. The highest BCUT2D eigenvalue weighted by atomic mass is 16.4. The molecule has 92 valence electrons. The molecule has 1 fully saturated rings. The third-order valence-corrected chi connectivity index (χ3v) is 2.66. The highest BCUT2D eigenvalue weighted by molar-refractivity contribution is 5.70. The lowest BCUT2D eigenvalue weighted by atomic mass is 10.1. The Morgan fingerprint density at radius 2 is 1.81 bits per heavy atom. The van der Waals surface area contributed by atoms with E-state index in [1.165, 1.54) is 0 Å². The molecule has 0 aromatic carbocycles.